The molecule has 0 spiro atoms. The first-order chi connectivity index (χ1) is 11.5. The molecule has 1 amide bonds. The summed E-state index contributed by atoms with van der Waals surface area (Å²) in [6.07, 6.45) is -0.708. The smallest absolute Gasteiger partial charge is 0.337 e. The summed E-state index contributed by atoms with van der Waals surface area (Å²) in [5, 5.41) is 2.71. The molecule has 2 aromatic carbocycles. The van der Waals surface area contributed by atoms with Crippen molar-refractivity contribution in [1.29, 1.82) is 0 Å². The van der Waals surface area contributed by atoms with Gasteiger partial charge in [0.25, 0.3) is 5.91 Å². The molecule has 24 heavy (non-hydrogen) atoms. The Morgan fingerprint density at radius 3 is 2.29 bits per heavy atom. The topological polar surface area (TPSA) is 73.9 Å². The van der Waals surface area contributed by atoms with Crippen LogP contribution in [0.15, 0.2) is 48.5 Å². The lowest BCUT2D eigenvalue weighted by atomic mass is 10.2. The van der Waals surface area contributed by atoms with Gasteiger partial charge in [0.05, 0.1) is 19.8 Å². The van der Waals surface area contributed by atoms with Crippen LogP contribution in [0.2, 0.25) is 0 Å². The van der Waals surface area contributed by atoms with Crippen LogP contribution in [0, 0.1) is 0 Å². The fourth-order valence-corrected chi connectivity index (χ4v) is 2.00. The maximum absolute atomic E-state index is 12.2. The third-order valence-corrected chi connectivity index (χ3v) is 3.29. The Hall–Kier alpha value is -3.02. The second-order valence-corrected chi connectivity index (χ2v) is 5.00. The lowest BCUT2D eigenvalue weighted by Crippen LogP contribution is -2.30. The number of amides is 1. The SMILES string of the molecule is COC(=O)c1cccc(NC(=O)C(C)Oc2ccc(OC)cc2)c1. The van der Waals surface area contributed by atoms with Crippen LogP contribution in [0.25, 0.3) is 0 Å². The Morgan fingerprint density at radius 2 is 1.67 bits per heavy atom. The summed E-state index contributed by atoms with van der Waals surface area (Å²) in [6, 6.07) is 13.4. The first-order valence-corrected chi connectivity index (χ1v) is 7.33. The molecule has 6 nitrogen and oxygen atoms in total. The molecule has 2 rings (SSSR count). The third kappa shape index (κ3) is 4.49. The van der Waals surface area contributed by atoms with Crippen LogP contribution in [0.5, 0.6) is 11.5 Å². The molecule has 0 aliphatic rings. The molecule has 2 aromatic rings. The lowest BCUT2D eigenvalue weighted by molar-refractivity contribution is -0.122. The molecule has 0 saturated carbocycles. The number of methoxy groups -OCH3 is 2. The van der Waals surface area contributed by atoms with E-state index in [1.807, 2.05) is 0 Å². The highest BCUT2D eigenvalue weighted by atomic mass is 16.5. The summed E-state index contributed by atoms with van der Waals surface area (Å²) in [7, 11) is 2.88. The first kappa shape index (κ1) is 17.3. The molecule has 0 radical (unpaired) electrons. The van der Waals surface area contributed by atoms with E-state index in [4.69, 9.17) is 9.47 Å². The highest BCUT2D eigenvalue weighted by Crippen LogP contribution is 2.19. The Kier molecular flexibility index (Phi) is 5.78. The molecule has 0 saturated heterocycles. The fraction of sp³-hybridized carbons (Fsp3) is 0.222. The van der Waals surface area contributed by atoms with Crippen molar-refractivity contribution in [2.45, 2.75) is 13.0 Å². The van der Waals surface area contributed by atoms with Gasteiger partial charge in [-0.3, -0.25) is 4.79 Å². The largest absolute Gasteiger partial charge is 0.497 e. The zero-order chi connectivity index (χ0) is 17.5. The number of esters is 1. The van der Waals surface area contributed by atoms with Gasteiger partial charge in [0.15, 0.2) is 6.10 Å². The number of hydrogen-bond donors (Lipinski definition) is 1. The van der Waals surface area contributed by atoms with Gasteiger partial charge in [-0.15, -0.1) is 0 Å². The van der Waals surface area contributed by atoms with Crippen LogP contribution in [-0.2, 0) is 9.53 Å². The molecule has 0 heterocycles. The highest BCUT2D eigenvalue weighted by Gasteiger charge is 2.16. The van der Waals surface area contributed by atoms with Crippen molar-refractivity contribution >= 4 is 17.6 Å². The Labute approximate surface area is 140 Å². The summed E-state index contributed by atoms with van der Waals surface area (Å²) < 4.78 is 15.3. The summed E-state index contributed by atoms with van der Waals surface area (Å²) in [4.78, 5) is 23.7. The summed E-state index contributed by atoms with van der Waals surface area (Å²) in [6.45, 7) is 1.64. The molecule has 0 aliphatic carbocycles. The molecular formula is C18H19NO5. The van der Waals surface area contributed by atoms with E-state index in [9.17, 15) is 9.59 Å². The molecule has 0 aliphatic heterocycles. The van der Waals surface area contributed by atoms with Crippen molar-refractivity contribution in [3.63, 3.8) is 0 Å². The molecular weight excluding hydrogens is 310 g/mol. The fourth-order valence-electron chi connectivity index (χ4n) is 2.00. The Bertz CT molecular complexity index is 712. The van der Waals surface area contributed by atoms with Gasteiger partial charge in [-0.25, -0.2) is 4.79 Å². The predicted molar refractivity (Wildman–Crippen MR) is 89.5 cm³/mol. The summed E-state index contributed by atoms with van der Waals surface area (Å²) in [5.74, 6) is 0.474. The normalized spacial score (nSPS) is 11.3. The van der Waals surface area contributed by atoms with Crippen molar-refractivity contribution in [3.05, 3.63) is 54.1 Å². The van der Waals surface area contributed by atoms with Gasteiger partial charge in [0.2, 0.25) is 0 Å². The maximum atomic E-state index is 12.2. The lowest BCUT2D eigenvalue weighted by Gasteiger charge is -2.15. The minimum atomic E-state index is -0.708. The van der Waals surface area contributed by atoms with Crippen molar-refractivity contribution in [1.82, 2.24) is 0 Å². The van der Waals surface area contributed by atoms with Crippen LogP contribution >= 0.6 is 0 Å². The van der Waals surface area contributed by atoms with Crippen molar-refractivity contribution in [3.8, 4) is 11.5 Å². The average Bonchev–Trinajstić information content (AvgIpc) is 2.61. The second kappa shape index (κ2) is 8.01. The van der Waals surface area contributed by atoms with Gasteiger partial charge in [-0.2, -0.15) is 0 Å². The monoisotopic (exact) mass is 329 g/mol. The van der Waals surface area contributed by atoms with E-state index < -0.39 is 12.1 Å². The van der Waals surface area contributed by atoms with E-state index in [1.165, 1.54) is 7.11 Å². The van der Waals surface area contributed by atoms with Crippen molar-refractivity contribution in [2.24, 2.45) is 0 Å². The maximum Gasteiger partial charge on any atom is 0.337 e. The average molecular weight is 329 g/mol. The molecule has 0 aromatic heterocycles. The molecule has 1 N–H and O–H groups in total. The van der Waals surface area contributed by atoms with Crippen molar-refractivity contribution < 1.29 is 23.8 Å². The number of nitrogens with one attached hydrogen (secondary N) is 1. The second-order valence-electron chi connectivity index (χ2n) is 5.00. The van der Waals surface area contributed by atoms with Crippen LogP contribution in [0.1, 0.15) is 17.3 Å². The minimum Gasteiger partial charge on any atom is -0.497 e. The van der Waals surface area contributed by atoms with E-state index >= 15 is 0 Å². The van der Waals surface area contributed by atoms with Gasteiger partial charge >= 0.3 is 5.97 Å². The minimum absolute atomic E-state index is 0.326. The van der Waals surface area contributed by atoms with Gasteiger partial charge in [0.1, 0.15) is 11.5 Å². The number of benzene rings is 2. The van der Waals surface area contributed by atoms with Gasteiger partial charge in [-0.05, 0) is 49.4 Å². The summed E-state index contributed by atoms with van der Waals surface area (Å²) >= 11 is 0. The molecule has 126 valence electrons. The molecule has 6 heteroatoms. The molecule has 1 atom stereocenters. The van der Waals surface area contributed by atoms with Gasteiger partial charge in [0, 0.05) is 5.69 Å². The van der Waals surface area contributed by atoms with E-state index in [2.05, 4.69) is 10.1 Å². The number of carbonyl (C=O) groups excluding carboxylic acids is 2. The Morgan fingerprint density at radius 1 is 1.00 bits per heavy atom. The summed E-state index contributed by atoms with van der Waals surface area (Å²) in [5.41, 5.74) is 0.854. The van der Waals surface area contributed by atoms with E-state index in [1.54, 1.807) is 62.6 Å². The Balaban J connectivity index is 1.99. The standard InChI is InChI=1S/C18H19NO5/c1-12(24-16-9-7-15(22-2)8-10-16)17(20)19-14-6-4-5-13(11-14)18(21)23-3/h4-12H,1-3H3,(H,19,20). The quantitative estimate of drug-likeness (QED) is 0.825. The molecule has 1 unspecified atom stereocenters. The van der Waals surface area contributed by atoms with Crippen molar-refractivity contribution in [2.75, 3.05) is 19.5 Å². The molecule has 0 bridgehead atoms. The van der Waals surface area contributed by atoms with Gasteiger partial charge < -0.3 is 19.5 Å². The van der Waals surface area contributed by atoms with E-state index in [-0.39, 0.29) is 5.91 Å². The number of carbonyl (C=O) groups is 2. The first-order valence-electron chi connectivity index (χ1n) is 7.33. The molecule has 0 fully saturated rings. The van der Waals surface area contributed by atoms with Crippen LogP contribution in [0.4, 0.5) is 5.69 Å². The van der Waals surface area contributed by atoms with Crippen LogP contribution in [0.3, 0.4) is 0 Å². The van der Waals surface area contributed by atoms with Crippen LogP contribution in [-0.4, -0.2) is 32.2 Å². The number of rotatable bonds is 6. The predicted octanol–water partition coefficient (Wildman–Crippen LogP) is 2.89. The highest BCUT2D eigenvalue weighted by molar-refractivity contribution is 5.96. The zero-order valence-corrected chi connectivity index (χ0v) is 13.7. The van der Waals surface area contributed by atoms with Crippen LogP contribution < -0.4 is 14.8 Å². The van der Waals surface area contributed by atoms with E-state index in [0.29, 0.717) is 22.7 Å². The zero-order valence-electron chi connectivity index (χ0n) is 13.7. The number of hydrogen-bond acceptors (Lipinski definition) is 5. The van der Waals surface area contributed by atoms with E-state index in [0.717, 1.165) is 0 Å². The van der Waals surface area contributed by atoms with Gasteiger partial charge in [-0.1, -0.05) is 6.07 Å². The number of anilines is 1. The number of ether oxygens (including phenoxy) is 3. The third-order valence-electron chi connectivity index (χ3n) is 3.29.